The molecule has 0 aromatic rings. The molecule has 0 aliphatic carbocycles. The summed E-state index contributed by atoms with van der Waals surface area (Å²) in [6.45, 7) is 2.90. The molecular formula is C20H38O5. The Kier molecular flexibility index (Phi) is 13.3. The second kappa shape index (κ2) is 14.7. The molecule has 3 N–H and O–H groups in total. The van der Waals surface area contributed by atoms with Crippen LogP contribution in [-0.4, -0.2) is 59.6 Å². The Morgan fingerprint density at radius 2 is 1.60 bits per heavy atom. The number of unbranched alkanes of at least 4 members (excludes halogenated alkanes) is 9. The van der Waals surface area contributed by atoms with E-state index in [0.717, 1.165) is 12.8 Å². The van der Waals surface area contributed by atoms with Crippen molar-refractivity contribution in [2.45, 2.75) is 95.5 Å². The lowest BCUT2D eigenvalue weighted by Crippen LogP contribution is -2.40. The van der Waals surface area contributed by atoms with Crippen LogP contribution in [0.2, 0.25) is 0 Å². The average molecular weight is 359 g/mol. The fraction of sp³-hybridized carbons (Fsp3) is 0.900. The summed E-state index contributed by atoms with van der Waals surface area (Å²) in [7, 11) is 0. The van der Waals surface area contributed by atoms with Crippen molar-refractivity contribution in [3.05, 3.63) is 12.2 Å². The van der Waals surface area contributed by atoms with Crippen LogP contribution in [0.1, 0.15) is 71.1 Å². The first kappa shape index (κ1) is 22.6. The summed E-state index contributed by atoms with van der Waals surface area (Å²) in [5, 5.41) is 28.9. The number of allylic oxidation sites excluding steroid dienone is 2. The van der Waals surface area contributed by atoms with Gasteiger partial charge in [-0.2, -0.15) is 0 Å². The molecule has 5 heteroatoms. The SMILES string of the molecule is C/C=C/CCCCCCCCCCCOC[C@@H](O)[C@H]1OC[C@H](O)[C@H]1O. The van der Waals surface area contributed by atoms with Gasteiger partial charge in [-0.15, -0.1) is 0 Å². The molecule has 0 amide bonds. The van der Waals surface area contributed by atoms with Crippen molar-refractivity contribution in [2.24, 2.45) is 0 Å². The van der Waals surface area contributed by atoms with E-state index >= 15 is 0 Å². The average Bonchev–Trinajstić information content (AvgIpc) is 2.94. The Morgan fingerprint density at radius 1 is 1.00 bits per heavy atom. The molecular weight excluding hydrogens is 320 g/mol. The number of hydrogen-bond donors (Lipinski definition) is 3. The van der Waals surface area contributed by atoms with E-state index in [1.54, 1.807) is 0 Å². The quantitative estimate of drug-likeness (QED) is 0.310. The number of aliphatic hydroxyl groups is 3. The fourth-order valence-electron chi connectivity index (χ4n) is 3.13. The molecule has 4 atom stereocenters. The zero-order valence-corrected chi connectivity index (χ0v) is 15.8. The standard InChI is InChI=1S/C20H38O5/c1-2-3-4-5-6-7-8-9-10-11-12-13-14-24-15-18(22)20-19(23)17(21)16-25-20/h2-3,17-23H,4-16H2,1H3/b3-2+/t17-,18+,19+,20+/m0/s1. The molecule has 0 spiro atoms. The first-order chi connectivity index (χ1) is 12.2. The van der Waals surface area contributed by atoms with Gasteiger partial charge in [-0.05, 0) is 26.2 Å². The molecule has 0 aromatic carbocycles. The predicted octanol–water partition coefficient (Wildman–Crippen LogP) is 2.96. The van der Waals surface area contributed by atoms with Crippen molar-refractivity contribution < 1.29 is 24.8 Å². The van der Waals surface area contributed by atoms with Crippen molar-refractivity contribution in [1.82, 2.24) is 0 Å². The Hall–Kier alpha value is -0.460. The summed E-state index contributed by atoms with van der Waals surface area (Å²) in [6, 6.07) is 0. The van der Waals surface area contributed by atoms with Gasteiger partial charge in [0.05, 0.1) is 13.2 Å². The summed E-state index contributed by atoms with van der Waals surface area (Å²) >= 11 is 0. The first-order valence-electron chi connectivity index (χ1n) is 10.0. The van der Waals surface area contributed by atoms with E-state index in [1.165, 1.54) is 51.4 Å². The van der Waals surface area contributed by atoms with Crippen LogP contribution in [0.3, 0.4) is 0 Å². The minimum absolute atomic E-state index is 0.0681. The zero-order chi connectivity index (χ0) is 18.3. The van der Waals surface area contributed by atoms with Gasteiger partial charge in [-0.1, -0.05) is 57.1 Å². The topological polar surface area (TPSA) is 79.2 Å². The maximum atomic E-state index is 9.90. The van der Waals surface area contributed by atoms with Gasteiger partial charge in [-0.3, -0.25) is 0 Å². The molecule has 0 radical (unpaired) electrons. The number of rotatable bonds is 15. The monoisotopic (exact) mass is 358 g/mol. The van der Waals surface area contributed by atoms with E-state index in [1.807, 2.05) is 0 Å². The van der Waals surface area contributed by atoms with Gasteiger partial charge in [0.25, 0.3) is 0 Å². The molecule has 5 nitrogen and oxygen atoms in total. The molecule has 1 saturated heterocycles. The highest BCUT2D eigenvalue weighted by atomic mass is 16.5. The summed E-state index contributed by atoms with van der Waals surface area (Å²) in [4.78, 5) is 0. The highest BCUT2D eigenvalue weighted by molar-refractivity contribution is 4.87. The van der Waals surface area contributed by atoms with E-state index in [-0.39, 0.29) is 13.2 Å². The van der Waals surface area contributed by atoms with Gasteiger partial charge in [0, 0.05) is 6.61 Å². The fourth-order valence-corrected chi connectivity index (χ4v) is 3.13. The lowest BCUT2D eigenvalue weighted by atomic mass is 10.1. The van der Waals surface area contributed by atoms with Crippen LogP contribution in [0, 0.1) is 0 Å². The highest BCUT2D eigenvalue weighted by Gasteiger charge is 2.39. The third kappa shape index (κ3) is 10.3. The van der Waals surface area contributed by atoms with Crippen molar-refractivity contribution in [3.63, 3.8) is 0 Å². The van der Waals surface area contributed by atoms with Gasteiger partial charge >= 0.3 is 0 Å². The zero-order valence-electron chi connectivity index (χ0n) is 15.8. The molecule has 0 unspecified atom stereocenters. The van der Waals surface area contributed by atoms with Crippen LogP contribution in [0.4, 0.5) is 0 Å². The van der Waals surface area contributed by atoms with Crippen LogP contribution in [0.25, 0.3) is 0 Å². The molecule has 0 saturated carbocycles. The summed E-state index contributed by atoms with van der Waals surface area (Å²) in [5.74, 6) is 0. The van der Waals surface area contributed by atoms with E-state index in [9.17, 15) is 15.3 Å². The molecule has 25 heavy (non-hydrogen) atoms. The third-order valence-electron chi connectivity index (χ3n) is 4.75. The van der Waals surface area contributed by atoms with Gasteiger partial charge in [0.15, 0.2) is 0 Å². The number of aliphatic hydroxyl groups excluding tert-OH is 3. The van der Waals surface area contributed by atoms with Crippen molar-refractivity contribution >= 4 is 0 Å². The van der Waals surface area contributed by atoms with Gasteiger partial charge in [0.1, 0.15) is 24.4 Å². The lowest BCUT2D eigenvalue weighted by Gasteiger charge is -2.20. The summed E-state index contributed by atoms with van der Waals surface area (Å²) in [6.07, 6.45) is 13.4. The highest BCUT2D eigenvalue weighted by Crippen LogP contribution is 2.18. The smallest absolute Gasteiger partial charge is 0.114 e. The second-order valence-corrected chi connectivity index (χ2v) is 7.04. The van der Waals surface area contributed by atoms with Gasteiger partial charge < -0.3 is 24.8 Å². The van der Waals surface area contributed by atoms with Crippen molar-refractivity contribution in [1.29, 1.82) is 0 Å². The maximum absolute atomic E-state index is 9.90. The molecule has 1 rings (SSSR count). The normalized spacial score (nSPS) is 25.0. The molecule has 1 aliphatic rings. The molecule has 1 aliphatic heterocycles. The lowest BCUT2D eigenvalue weighted by molar-refractivity contribution is -0.0813. The van der Waals surface area contributed by atoms with Crippen molar-refractivity contribution in [3.8, 4) is 0 Å². The molecule has 148 valence electrons. The van der Waals surface area contributed by atoms with E-state index in [0.29, 0.717) is 6.61 Å². The first-order valence-corrected chi connectivity index (χ1v) is 10.0. The predicted molar refractivity (Wildman–Crippen MR) is 99.6 cm³/mol. The molecule has 0 bridgehead atoms. The van der Waals surface area contributed by atoms with Crippen LogP contribution in [0.15, 0.2) is 12.2 Å². The van der Waals surface area contributed by atoms with E-state index in [2.05, 4.69) is 19.1 Å². The Labute approximate surface area is 153 Å². The molecule has 1 heterocycles. The van der Waals surface area contributed by atoms with Gasteiger partial charge in [-0.25, -0.2) is 0 Å². The second-order valence-electron chi connectivity index (χ2n) is 7.04. The van der Waals surface area contributed by atoms with E-state index in [4.69, 9.17) is 9.47 Å². The van der Waals surface area contributed by atoms with Gasteiger partial charge in [0.2, 0.25) is 0 Å². The van der Waals surface area contributed by atoms with Crippen LogP contribution < -0.4 is 0 Å². The van der Waals surface area contributed by atoms with E-state index < -0.39 is 24.4 Å². The Morgan fingerprint density at radius 3 is 2.16 bits per heavy atom. The minimum Gasteiger partial charge on any atom is -0.388 e. The summed E-state index contributed by atoms with van der Waals surface area (Å²) in [5.41, 5.74) is 0. The minimum atomic E-state index is -1.03. The number of hydrogen-bond acceptors (Lipinski definition) is 5. The Balaban J connectivity index is 1.81. The maximum Gasteiger partial charge on any atom is 0.114 e. The van der Waals surface area contributed by atoms with Crippen LogP contribution in [-0.2, 0) is 9.47 Å². The summed E-state index contributed by atoms with van der Waals surface area (Å²) < 4.78 is 10.6. The van der Waals surface area contributed by atoms with Crippen molar-refractivity contribution in [2.75, 3.05) is 19.8 Å². The van der Waals surface area contributed by atoms with Crippen LogP contribution in [0.5, 0.6) is 0 Å². The molecule has 0 aromatic heterocycles. The largest absolute Gasteiger partial charge is 0.388 e. The number of ether oxygens (including phenoxy) is 2. The molecule has 1 fully saturated rings. The Bertz CT molecular complexity index is 334. The van der Waals surface area contributed by atoms with Crippen LogP contribution >= 0.6 is 0 Å². The third-order valence-corrected chi connectivity index (χ3v) is 4.75.